The Kier molecular flexibility index (Phi) is 5.93. The van der Waals surface area contributed by atoms with Crippen LogP contribution in [0.25, 0.3) is 11.4 Å². The average Bonchev–Trinajstić information content (AvgIpc) is 3.17. The predicted molar refractivity (Wildman–Crippen MR) is 99.5 cm³/mol. The minimum Gasteiger partial charge on any atom is -0.465 e. The Labute approximate surface area is 157 Å². The number of hydrogen-bond acceptors (Lipinski definition) is 5. The highest BCUT2D eigenvalue weighted by Gasteiger charge is 2.10. The molecule has 7 heteroatoms. The smallest absolute Gasteiger partial charge is 0.337 e. The van der Waals surface area contributed by atoms with E-state index in [1.54, 1.807) is 36.8 Å². The number of aromatic nitrogens is 3. The lowest BCUT2D eigenvalue weighted by Gasteiger charge is -2.16. The summed E-state index contributed by atoms with van der Waals surface area (Å²) in [6.07, 6.45) is 5.21. The highest BCUT2D eigenvalue weighted by atomic mass is 19.1. The van der Waals surface area contributed by atoms with Crippen molar-refractivity contribution in [3.8, 4) is 11.4 Å². The lowest BCUT2D eigenvalue weighted by Crippen LogP contribution is -2.22. The number of hydrogen-bond donors (Lipinski definition) is 0. The fraction of sp³-hybridized carbons (Fsp3) is 0.250. The molecule has 0 saturated carbocycles. The van der Waals surface area contributed by atoms with Crippen molar-refractivity contribution in [3.05, 3.63) is 72.1 Å². The minimum absolute atomic E-state index is 0.225. The topological polar surface area (TPSA) is 60.2 Å². The average molecular weight is 368 g/mol. The van der Waals surface area contributed by atoms with E-state index in [0.29, 0.717) is 17.0 Å². The molecule has 0 amide bonds. The third-order valence-corrected chi connectivity index (χ3v) is 4.18. The Morgan fingerprint density at radius 1 is 1.19 bits per heavy atom. The number of carbonyl (C=O) groups excluding carboxylic acids is 1. The standard InChI is InChI=1S/C20H21FN4O2/c1-24(12-15-3-5-17(21)6-4-15)9-10-25-13-19(23-14-25)18-11-16(7-8-22-18)20(26)27-2/h3-8,11,13-14H,9-10,12H2,1-2H3. The second kappa shape index (κ2) is 8.55. The van der Waals surface area contributed by atoms with Gasteiger partial charge in [-0.25, -0.2) is 14.2 Å². The SMILES string of the molecule is COC(=O)c1ccnc(-c2cn(CCN(C)Cc3ccc(F)cc3)cn2)c1. The van der Waals surface area contributed by atoms with E-state index in [2.05, 4.69) is 14.9 Å². The summed E-state index contributed by atoms with van der Waals surface area (Å²) in [5.41, 5.74) is 2.82. The largest absolute Gasteiger partial charge is 0.465 e. The second-order valence-corrected chi connectivity index (χ2v) is 6.28. The van der Waals surface area contributed by atoms with E-state index in [-0.39, 0.29) is 5.82 Å². The molecular formula is C20H21FN4O2. The molecule has 0 saturated heterocycles. The molecule has 1 aromatic carbocycles. The van der Waals surface area contributed by atoms with Crippen molar-refractivity contribution in [1.82, 2.24) is 19.4 Å². The molecule has 0 bridgehead atoms. The van der Waals surface area contributed by atoms with Gasteiger partial charge in [-0.2, -0.15) is 0 Å². The maximum atomic E-state index is 13.0. The number of benzene rings is 1. The number of halogens is 1. The van der Waals surface area contributed by atoms with E-state index in [1.165, 1.54) is 19.2 Å². The summed E-state index contributed by atoms with van der Waals surface area (Å²) < 4.78 is 19.7. The van der Waals surface area contributed by atoms with Crippen molar-refractivity contribution in [3.63, 3.8) is 0 Å². The molecule has 0 fully saturated rings. The quantitative estimate of drug-likeness (QED) is 0.600. The zero-order valence-electron chi connectivity index (χ0n) is 15.3. The highest BCUT2D eigenvalue weighted by molar-refractivity contribution is 5.90. The molecule has 6 nitrogen and oxygen atoms in total. The fourth-order valence-corrected chi connectivity index (χ4v) is 2.70. The molecule has 0 N–H and O–H groups in total. The Morgan fingerprint density at radius 2 is 1.96 bits per heavy atom. The summed E-state index contributed by atoms with van der Waals surface area (Å²) in [6.45, 7) is 2.30. The van der Waals surface area contributed by atoms with Crippen molar-refractivity contribution in [1.29, 1.82) is 0 Å². The van der Waals surface area contributed by atoms with E-state index >= 15 is 0 Å². The van der Waals surface area contributed by atoms with Gasteiger partial charge in [-0.15, -0.1) is 0 Å². The van der Waals surface area contributed by atoms with E-state index in [0.717, 1.165) is 25.2 Å². The van der Waals surface area contributed by atoms with Crippen LogP contribution in [-0.2, 0) is 17.8 Å². The first-order valence-corrected chi connectivity index (χ1v) is 8.54. The van der Waals surface area contributed by atoms with Gasteiger partial charge in [0.15, 0.2) is 0 Å². The Balaban J connectivity index is 1.59. The maximum Gasteiger partial charge on any atom is 0.337 e. The molecular weight excluding hydrogens is 347 g/mol. The Hall–Kier alpha value is -3.06. The first kappa shape index (κ1) is 18.7. The third kappa shape index (κ3) is 4.98. The molecule has 0 radical (unpaired) electrons. The molecule has 0 aliphatic carbocycles. The van der Waals surface area contributed by atoms with Gasteiger partial charge in [0, 0.05) is 32.0 Å². The molecule has 3 rings (SSSR count). The Morgan fingerprint density at radius 3 is 2.70 bits per heavy atom. The van der Waals surface area contributed by atoms with Crippen molar-refractivity contribution in [2.75, 3.05) is 20.7 Å². The van der Waals surface area contributed by atoms with Crippen LogP contribution in [0.5, 0.6) is 0 Å². The summed E-state index contributed by atoms with van der Waals surface area (Å²) in [7, 11) is 3.36. The van der Waals surface area contributed by atoms with Gasteiger partial charge in [0.2, 0.25) is 0 Å². The van der Waals surface area contributed by atoms with E-state index < -0.39 is 5.97 Å². The van der Waals surface area contributed by atoms with Crippen LogP contribution in [0.1, 0.15) is 15.9 Å². The summed E-state index contributed by atoms with van der Waals surface area (Å²) in [5, 5.41) is 0. The number of likely N-dealkylation sites (N-methyl/N-ethyl adjacent to an activating group) is 1. The van der Waals surface area contributed by atoms with Crippen LogP contribution in [-0.4, -0.2) is 46.1 Å². The summed E-state index contributed by atoms with van der Waals surface area (Å²) >= 11 is 0. The molecule has 0 aliphatic rings. The predicted octanol–water partition coefficient (Wildman–Crippen LogP) is 3.00. The lowest BCUT2D eigenvalue weighted by atomic mass is 10.2. The number of esters is 1. The number of carbonyl (C=O) groups is 1. The fourth-order valence-electron chi connectivity index (χ4n) is 2.70. The van der Waals surface area contributed by atoms with Crippen molar-refractivity contribution in [2.45, 2.75) is 13.1 Å². The van der Waals surface area contributed by atoms with Gasteiger partial charge in [0.25, 0.3) is 0 Å². The second-order valence-electron chi connectivity index (χ2n) is 6.28. The summed E-state index contributed by atoms with van der Waals surface area (Å²) in [6, 6.07) is 9.81. The van der Waals surface area contributed by atoms with Gasteiger partial charge in [0.05, 0.1) is 24.7 Å². The van der Waals surface area contributed by atoms with Crippen LogP contribution in [0, 0.1) is 5.82 Å². The zero-order valence-corrected chi connectivity index (χ0v) is 15.3. The number of ether oxygens (including phenoxy) is 1. The van der Waals surface area contributed by atoms with Crippen LogP contribution >= 0.6 is 0 Å². The van der Waals surface area contributed by atoms with Crippen molar-refractivity contribution < 1.29 is 13.9 Å². The number of methoxy groups -OCH3 is 1. The van der Waals surface area contributed by atoms with Crippen LogP contribution in [0.15, 0.2) is 55.1 Å². The molecule has 2 heterocycles. The van der Waals surface area contributed by atoms with Gasteiger partial charge in [0.1, 0.15) is 11.5 Å². The molecule has 0 aliphatic heterocycles. The molecule has 0 atom stereocenters. The monoisotopic (exact) mass is 368 g/mol. The molecule has 0 spiro atoms. The van der Waals surface area contributed by atoms with E-state index in [1.807, 2.05) is 17.8 Å². The highest BCUT2D eigenvalue weighted by Crippen LogP contribution is 2.16. The minimum atomic E-state index is -0.402. The molecule has 3 aromatic rings. The van der Waals surface area contributed by atoms with Crippen LogP contribution in [0.4, 0.5) is 4.39 Å². The summed E-state index contributed by atoms with van der Waals surface area (Å²) in [5.74, 6) is -0.627. The molecule has 2 aromatic heterocycles. The van der Waals surface area contributed by atoms with Gasteiger partial charge >= 0.3 is 5.97 Å². The molecule has 27 heavy (non-hydrogen) atoms. The van der Waals surface area contributed by atoms with Gasteiger partial charge in [-0.1, -0.05) is 12.1 Å². The number of rotatable bonds is 7. The van der Waals surface area contributed by atoms with Gasteiger partial charge < -0.3 is 14.2 Å². The van der Waals surface area contributed by atoms with E-state index in [9.17, 15) is 9.18 Å². The van der Waals surface area contributed by atoms with Crippen molar-refractivity contribution in [2.24, 2.45) is 0 Å². The third-order valence-electron chi connectivity index (χ3n) is 4.18. The van der Waals surface area contributed by atoms with Gasteiger partial charge in [-0.3, -0.25) is 4.98 Å². The van der Waals surface area contributed by atoms with Crippen LogP contribution in [0.2, 0.25) is 0 Å². The Bertz CT molecular complexity index is 908. The normalized spacial score (nSPS) is 11.0. The van der Waals surface area contributed by atoms with Gasteiger partial charge in [-0.05, 0) is 36.9 Å². The first-order valence-electron chi connectivity index (χ1n) is 8.54. The lowest BCUT2D eigenvalue weighted by molar-refractivity contribution is 0.0600. The maximum absolute atomic E-state index is 13.0. The number of imidazole rings is 1. The summed E-state index contributed by atoms with van der Waals surface area (Å²) in [4.78, 5) is 22.4. The van der Waals surface area contributed by atoms with E-state index in [4.69, 9.17) is 4.74 Å². The van der Waals surface area contributed by atoms with Crippen molar-refractivity contribution >= 4 is 5.97 Å². The zero-order chi connectivity index (χ0) is 19.2. The number of nitrogens with zero attached hydrogens (tertiary/aromatic N) is 4. The van der Waals surface area contributed by atoms with Crippen LogP contribution in [0.3, 0.4) is 0 Å². The van der Waals surface area contributed by atoms with Crippen LogP contribution < -0.4 is 0 Å². The molecule has 0 unspecified atom stereocenters. The number of pyridine rings is 1. The molecule has 140 valence electrons. The first-order chi connectivity index (χ1) is 13.0.